The molecule has 2 heterocycles. The Labute approximate surface area is 227 Å². The molecule has 1 fully saturated rings. The first-order valence-corrected chi connectivity index (χ1v) is 13.1. The maximum Gasteiger partial charge on any atom is 0.335 e. The number of carbonyl (C=O) groups excluding carboxylic acids is 1. The molecule has 9 heteroatoms. The molecule has 0 atom stereocenters. The SMILES string of the molecule is CCN1C(=O)C(=Cc2cn(Cc3ccc(Cl)cc3Cl)c3ccccc23)SC1=Nc1cccc(C(=O)O)c1. The van der Waals surface area contributed by atoms with Gasteiger partial charge in [0.25, 0.3) is 5.91 Å². The smallest absolute Gasteiger partial charge is 0.335 e. The predicted molar refractivity (Wildman–Crippen MR) is 151 cm³/mol. The normalized spacial score (nSPS) is 15.9. The van der Waals surface area contributed by atoms with Gasteiger partial charge in [-0.15, -0.1) is 0 Å². The number of aromatic nitrogens is 1. The Morgan fingerprint density at radius 1 is 1.08 bits per heavy atom. The van der Waals surface area contributed by atoms with E-state index < -0.39 is 5.97 Å². The number of aromatic carboxylic acids is 1. The van der Waals surface area contributed by atoms with Crippen molar-refractivity contribution >= 4 is 74.7 Å². The predicted octanol–water partition coefficient (Wildman–Crippen LogP) is 7.32. The number of aliphatic imine (C=N–C) groups is 1. The zero-order chi connectivity index (χ0) is 26.1. The molecule has 1 aromatic heterocycles. The molecule has 1 aliphatic heterocycles. The molecule has 37 heavy (non-hydrogen) atoms. The fraction of sp³-hybridized carbons (Fsp3) is 0.107. The lowest BCUT2D eigenvalue weighted by molar-refractivity contribution is -0.122. The van der Waals surface area contributed by atoms with Crippen LogP contribution in [0, 0.1) is 0 Å². The Bertz CT molecular complexity index is 1610. The molecule has 1 saturated heterocycles. The standard InChI is InChI=1S/C28H21Cl2N3O3S/c1-2-33-26(34)25(37-28(33)31-21-7-5-6-17(12-21)27(35)36)13-19-16-32(24-9-4-3-8-22(19)24)15-18-10-11-20(29)14-23(18)30/h3-14,16H,2,15H2,1H3,(H,35,36). The quantitative estimate of drug-likeness (QED) is 0.255. The summed E-state index contributed by atoms with van der Waals surface area (Å²) in [5, 5.41) is 12.0. The van der Waals surface area contributed by atoms with Gasteiger partial charge in [-0.1, -0.05) is 53.5 Å². The second-order valence-corrected chi connectivity index (χ2v) is 10.2. The second-order valence-electron chi connectivity index (χ2n) is 8.38. The largest absolute Gasteiger partial charge is 0.478 e. The molecule has 0 unspecified atom stereocenters. The third-order valence-electron chi connectivity index (χ3n) is 5.98. The zero-order valence-electron chi connectivity index (χ0n) is 19.7. The number of carboxylic acid groups (broad SMARTS) is 1. The first-order valence-electron chi connectivity index (χ1n) is 11.5. The number of carbonyl (C=O) groups is 2. The van der Waals surface area contributed by atoms with E-state index in [2.05, 4.69) is 9.56 Å². The number of carboxylic acids is 1. The number of fused-ring (bicyclic) bond motifs is 1. The summed E-state index contributed by atoms with van der Waals surface area (Å²) < 4.78 is 2.10. The van der Waals surface area contributed by atoms with Gasteiger partial charge < -0.3 is 9.67 Å². The molecule has 3 aromatic carbocycles. The van der Waals surface area contributed by atoms with Crippen LogP contribution >= 0.6 is 35.0 Å². The van der Waals surface area contributed by atoms with Crippen molar-refractivity contribution in [2.24, 2.45) is 4.99 Å². The number of amides is 1. The molecule has 0 radical (unpaired) electrons. The van der Waals surface area contributed by atoms with Gasteiger partial charge in [0.05, 0.1) is 16.2 Å². The van der Waals surface area contributed by atoms with Gasteiger partial charge in [-0.3, -0.25) is 9.69 Å². The molecule has 0 spiro atoms. The number of hydrogen-bond donors (Lipinski definition) is 1. The summed E-state index contributed by atoms with van der Waals surface area (Å²) in [6.07, 6.45) is 3.90. The van der Waals surface area contributed by atoms with Crippen LogP contribution in [-0.2, 0) is 11.3 Å². The van der Waals surface area contributed by atoms with Crippen molar-refractivity contribution in [2.75, 3.05) is 6.54 Å². The van der Waals surface area contributed by atoms with Crippen LogP contribution < -0.4 is 0 Å². The third-order valence-corrected chi connectivity index (χ3v) is 7.58. The highest BCUT2D eigenvalue weighted by atomic mass is 35.5. The number of thioether (sulfide) groups is 1. The minimum Gasteiger partial charge on any atom is -0.478 e. The van der Waals surface area contributed by atoms with Crippen molar-refractivity contribution in [3.05, 3.63) is 105 Å². The van der Waals surface area contributed by atoms with Crippen LogP contribution in [0.4, 0.5) is 5.69 Å². The molecular formula is C28H21Cl2N3O3S. The molecule has 0 bridgehead atoms. The van der Waals surface area contributed by atoms with Gasteiger partial charge in [0.15, 0.2) is 5.17 Å². The van der Waals surface area contributed by atoms with Crippen LogP contribution in [-0.4, -0.2) is 38.2 Å². The summed E-state index contributed by atoms with van der Waals surface area (Å²) in [6, 6.07) is 19.8. The minimum absolute atomic E-state index is 0.141. The van der Waals surface area contributed by atoms with Gasteiger partial charge in [-0.05, 0) is 66.7 Å². The Balaban J connectivity index is 1.51. The van der Waals surface area contributed by atoms with E-state index in [0.717, 1.165) is 22.0 Å². The first-order chi connectivity index (χ1) is 17.8. The zero-order valence-corrected chi connectivity index (χ0v) is 22.0. The van der Waals surface area contributed by atoms with Gasteiger partial charge in [0.1, 0.15) is 0 Å². The fourth-order valence-electron chi connectivity index (χ4n) is 4.18. The lowest BCUT2D eigenvalue weighted by Gasteiger charge is -2.12. The molecule has 1 N–H and O–H groups in total. The van der Waals surface area contributed by atoms with E-state index in [1.165, 1.54) is 23.9 Å². The van der Waals surface area contributed by atoms with Crippen molar-refractivity contribution in [3.8, 4) is 0 Å². The average Bonchev–Trinajstić information content (AvgIpc) is 3.37. The molecule has 6 nitrogen and oxygen atoms in total. The van der Waals surface area contributed by atoms with Gasteiger partial charge in [-0.2, -0.15) is 0 Å². The van der Waals surface area contributed by atoms with E-state index in [4.69, 9.17) is 23.2 Å². The number of rotatable bonds is 6. The highest BCUT2D eigenvalue weighted by Crippen LogP contribution is 2.36. The number of para-hydroxylation sites is 1. The van der Waals surface area contributed by atoms with E-state index in [1.807, 2.05) is 55.6 Å². The van der Waals surface area contributed by atoms with E-state index >= 15 is 0 Å². The summed E-state index contributed by atoms with van der Waals surface area (Å²) in [5.74, 6) is -1.17. The summed E-state index contributed by atoms with van der Waals surface area (Å²) in [7, 11) is 0. The molecule has 1 amide bonds. The van der Waals surface area contributed by atoms with Crippen LogP contribution in [0.1, 0.15) is 28.4 Å². The molecule has 0 aliphatic carbocycles. The Hall–Kier alpha value is -3.52. The highest BCUT2D eigenvalue weighted by Gasteiger charge is 2.32. The van der Waals surface area contributed by atoms with Gasteiger partial charge >= 0.3 is 5.97 Å². The third kappa shape index (κ3) is 5.16. The van der Waals surface area contributed by atoms with E-state index in [-0.39, 0.29) is 11.5 Å². The Morgan fingerprint density at radius 3 is 2.65 bits per heavy atom. The molecule has 5 rings (SSSR count). The first kappa shape index (κ1) is 25.1. The van der Waals surface area contributed by atoms with E-state index in [1.54, 1.807) is 23.1 Å². The van der Waals surface area contributed by atoms with Crippen molar-refractivity contribution in [1.29, 1.82) is 0 Å². The van der Waals surface area contributed by atoms with Crippen LogP contribution in [0.15, 0.2) is 82.8 Å². The number of likely N-dealkylation sites (N-methyl/N-ethyl adjacent to an activating group) is 1. The number of benzene rings is 3. The Morgan fingerprint density at radius 2 is 1.89 bits per heavy atom. The van der Waals surface area contributed by atoms with Crippen LogP contribution in [0.2, 0.25) is 10.0 Å². The second kappa shape index (κ2) is 10.5. The number of nitrogens with zero attached hydrogens (tertiary/aromatic N) is 3. The van der Waals surface area contributed by atoms with Gasteiger partial charge in [-0.25, -0.2) is 9.79 Å². The van der Waals surface area contributed by atoms with Crippen molar-refractivity contribution in [3.63, 3.8) is 0 Å². The maximum atomic E-state index is 13.3. The number of halogens is 2. The van der Waals surface area contributed by atoms with Crippen LogP contribution in [0.3, 0.4) is 0 Å². The molecule has 4 aromatic rings. The summed E-state index contributed by atoms with van der Waals surface area (Å²) in [5.41, 5.74) is 3.48. The maximum absolute atomic E-state index is 13.3. The topological polar surface area (TPSA) is 74.9 Å². The lowest BCUT2D eigenvalue weighted by atomic mass is 10.1. The monoisotopic (exact) mass is 549 g/mol. The highest BCUT2D eigenvalue weighted by molar-refractivity contribution is 8.18. The number of amidine groups is 1. The van der Waals surface area contributed by atoms with Crippen LogP contribution in [0.25, 0.3) is 17.0 Å². The van der Waals surface area contributed by atoms with E-state index in [9.17, 15) is 14.7 Å². The van der Waals surface area contributed by atoms with Gasteiger partial charge in [0.2, 0.25) is 0 Å². The molecule has 1 aliphatic rings. The van der Waals surface area contributed by atoms with Crippen molar-refractivity contribution < 1.29 is 14.7 Å². The average molecular weight is 550 g/mol. The van der Waals surface area contributed by atoms with E-state index in [0.29, 0.717) is 38.9 Å². The summed E-state index contributed by atoms with van der Waals surface area (Å²) in [4.78, 5) is 31.3. The molecular weight excluding hydrogens is 529 g/mol. The van der Waals surface area contributed by atoms with Crippen molar-refractivity contribution in [2.45, 2.75) is 13.5 Å². The lowest BCUT2D eigenvalue weighted by Crippen LogP contribution is -2.28. The molecule has 186 valence electrons. The number of hydrogen-bond acceptors (Lipinski definition) is 4. The summed E-state index contributed by atoms with van der Waals surface area (Å²) in [6.45, 7) is 2.87. The minimum atomic E-state index is -1.03. The Kier molecular flexibility index (Phi) is 7.11. The van der Waals surface area contributed by atoms with Gasteiger partial charge in [0, 0.05) is 45.8 Å². The molecule has 0 saturated carbocycles. The fourth-order valence-corrected chi connectivity index (χ4v) is 5.71. The van der Waals surface area contributed by atoms with Crippen molar-refractivity contribution in [1.82, 2.24) is 9.47 Å². The summed E-state index contributed by atoms with van der Waals surface area (Å²) >= 11 is 13.8. The van der Waals surface area contributed by atoms with Crippen LogP contribution in [0.5, 0.6) is 0 Å².